The van der Waals surface area contributed by atoms with Crippen molar-refractivity contribution in [1.29, 1.82) is 0 Å². The maximum absolute atomic E-state index is 10.9. The zero-order chi connectivity index (χ0) is 9.56. The summed E-state index contributed by atoms with van der Waals surface area (Å²) in [7, 11) is 0. The number of carbonyl (C=O) groups is 2. The van der Waals surface area contributed by atoms with Gasteiger partial charge < -0.3 is 4.74 Å². The average Bonchev–Trinajstić information content (AvgIpc) is 1.84. The van der Waals surface area contributed by atoms with Crippen LogP contribution in [0.3, 0.4) is 0 Å². The third kappa shape index (κ3) is 5.89. The lowest BCUT2D eigenvalue weighted by atomic mass is 10.2. The first-order valence-corrected chi connectivity index (χ1v) is 4.25. The fraction of sp³-hybridized carbons (Fsp3) is 0.778. The van der Waals surface area contributed by atoms with Gasteiger partial charge in [-0.25, -0.2) is 0 Å². The van der Waals surface area contributed by atoms with Crippen LogP contribution in [0.4, 0.5) is 0 Å². The molecule has 0 aromatic heterocycles. The molecule has 0 rings (SSSR count). The van der Waals surface area contributed by atoms with Crippen LogP contribution in [0.25, 0.3) is 0 Å². The van der Waals surface area contributed by atoms with E-state index in [-0.39, 0.29) is 18.3 Å². The Hall–Kier alpha value is -0.860. The Bertz CT molecular complexity index is 163. The minimum atomic E-state index is -0.413. The van der Waals surface area contributed by atoms with Gasteiger partial charge >= 0.3 is 5.97 Å². The zero-order valence-electron chi connectivity index (χ0n) is 7.92. The summed E-state index contributed by atoms with van der Waals surface area (Å²) in [6, 6.07) is 0. The van der Waals surface area contributed by atoms with Crippen molar-refractivity contribution in [2.45, 2.75) is 46.1 Å². The summed E-state index contributed by atoms with van der Waals surface area (Å²) < 4.78 is 4.94. The molecule has 0 aromatic carbocycles. The van der Waals surface area contributed by atoms with Crippen molar-refractivity contribution < 1.29 is 14.3 Å². The fourth-order valence-electron chi connectivity index (χ4n) is 0.935. The standard InChI is InChI=1S/C9H16O3/c1-4-5-8(3)12-9(11)6-7(2)10/h8H,4-6H2,1-3H3/t8-/m1/s1. The van der Waals surface area contributed by atoms with Gasteiger partial charge in [0.25, 0.3) is 0 Å². The van der Waals surface area contributed by atoms with Gasteiger partial charge in [-0.3, -0.25) is 9.59 Å². The summed E-state index contributed by atoms with van der Waals surface area (Å²) in [5.74, 6) is -0.563. The molecule has 0 aliphatic heterocycles. The molecule has 0 unspecified atom stereocenters. The first-order chi connectivity index (χ1) is 5.56. The van der Waals surface area contributed by atoms with E-state index in [2.05, 4.69) is 0 Å². The summed E-state index contributed by atoms with van der Waals surface area (Å²) >= 11 is 0. The molecule has 0 saturated carbocycles. The largest absolute Gasteiger partial charge is 0.462 e. The third-order valence-electron chi connectivity index (χ3n) is 1.42. The number of carbonyl (C=O) groups excluding carboxylic acids is 2. The number of hydrogen-bond donors (Lipinski definition) is 0. The summed E-state index contributed by atoms with van der Waals surface area (Å²) in [5, 5.41) is 0. The van der Waals surface area contributed by atoms with Crippen LogP contribution >= 0.6 is 0 Å². The van der Waals surface area contributed by atoms with Crippen LogP contribution in [-0.2, 0) is 14.3 Å². The molecule has 0 heterocycles. The van der Waals surface area contributed by atoms with Gasteiger partial charge in [0.2, 0.25) is 0 Å². The first-order valence-electron chi connectivity index (χ1n) is 4.25. The van der Waals surface area contributed by atoms with Crippen LogP contribution in [0.2, 0.25) is 0 Å². The van der Waals surface area contributed by atoms with Crippen molar-refractivity contribution in [3.63, 3.8) is 0 Å². The van der Waals surface area contributed by atoms with E-state index >= 15 is 0 Å². The molecular formula is C9H16O3. The predicted molar refractivity (Wildman–Crippen MR) is 45.8 cm³/mol. The molecule has 3 heteroatoms. The Labute approximate surface area is 73.1 Å². The second-order valence-corrected chi connectivity index (χ2v) is 2.97. The highest BCUT2D eigenvalue weighted by Gasteiger charge is 2.10. The Balaban J connectivity index is 3.61. The monoisotopic (exact) mass is 172 g/mol. The summed E-state index contributed by atoms with van der Waals surface area (Å²) in [4.78, 5) is 21.4. The van der Waals surface area contributed by atoms with Gasteiger partial charge in [0.05, 0.1) is 6.10 Å². The molecule has 0 aromatic rings. The molecule has 0 aliphatic rings. The summed E-state index contributed by atoms with van der Waals surface area (Å²) in [5.41, 5.74) is 0. The quantitative estimate of drug-likeness (QED) is 0.468. The first kappa shape index (κ1) is 11.1. The lowest BCUT2D eigenvalue weighted by Crippen LogP contribution is -2.16. The topological polar surface area (TPSA) is 43.4 Å². The van der Waals surface area contributed by atoms with Crippen LogP contribution in [0, 0.1) is 0 Å². The van der Waals surface area contributed by atoms with E-state index in [1.54, 1.807) is 0 Å². The molecular weight excluding hydrogens is 156 g/mol. The van der Waals surface area contributed by atoms with Gasteiger partial charge in [-0.15, -0.1) is 0 Å². The molecule has 0 saturated heterocycles. The van der Waals surface area contributed by atoms with E-state index < -0.39 is 5.97 Å². The van der Waals surface area contributed by atoms with Crippen molar-refractivity contribution in [3.05, 3.63) is 0 Å². The second-order valence-electron chi connectivity index (χ2n) is 2.97. The number of hydrogen-bond acceptors (Lipinski definition) is 3. The Morgan fingerprint density at radius 1 is 1.42 bits per heavy atom. The maximum atomic E-state index is 10.9. The summed E-state index contributed by atoms with van der Waals surface area (Å²) in [6.45, 7) is 5.24. The van der Waals surface area contributed by atoms with Gasteiger partial charge in [-0.05, 0) is 20.3 Å². The number of Topliss-reactive ketones (excluding diaryl/α,β-unsaturated/α-hetero) is 1. The Morgan fingerprint density at radius 3 is 2.42 bits per heavy atom. The highest BCUT2D eigenvalue weighted by atomic mass is 16.5. The number of rotatable bonds is 5. The van der Waals surface area contributed by atoms with Crippen LogP contribution in [0.5, 0.6) is 0 Å². The van der Waals surface area contributed by atoms with Gasteiger partial charge in [0, 0.05) is 0 Å². The maximum Gasteiger partial charge on any atom is 0.313 e. The lowest BCUT2D eigenvalue weighted by Gasteiger charge is -2.10. The van der Waals surface area contributed by atoms with Crippen LogP contribution in [0.15, 0.2) is 0 Å². The van der Waals surface area contributed by atoms with E-state index in [9.17, 15) is 9.59 Å². The smallest absolute Gasteiger partial charge is 0.313 e. The SMILES string of the molecule is CCC[C@@H](C)OC(=O)CC(C)=O. The molecule has 1 atom stereocenters. The molecule has 0 aliphatic carbocycles. The Kier molecular flexibility index (Phi) is 5.34. The number of ether oxygens (including phenoxy) is 1. The van der Waals surface area contributed by atoms with Crippen LogP contribution < -0.4 is 0 Å². The molecule has 0 bridgehead atoms. The van der Waals surface area contributed by atoms with E-state index in [4.69, 9.17) is 4.74 Å². The molecule has 3 nitrogen and oxygen atoms in total. The number of ketones is 1. The average molecular weight is 172 g/mol. The zero-order valence-corrected chi connectivity index (χ0v) is 7.92. The van der Waals surface area contributed by atoms with Crippen LogP contribution in [0.1, 0.15) is 40.0 Å². The molecule has 70 valence electrons. The number of esters is 1. The van der Waals surface area contributed by atoms with Gasteiger partial charge in [-0.2, -0.15) is 0 Å². The van der Waals surface area contributed by atoms with E-state index in [1.807, 2.05) is 13.8 Å². The van der Waals surface area contributed by atoms with Crippen molar-refractivity contribution >= 4 is 11.8 Å². The van der Waals surface area contributed by atoms with E-state index in [0.29, 0.717) is 0 Å². The van der Waals surface area contributed by atoms with E-state index in [0.717, 1.165) is 12.8 Å². The van der Waals surface area contributed by atoms with Crippen molar-refractivity contribution in [2.24, 2.45) is 0 Å². The van der Waals surface area contributed by atoms with Gasteiger partial charge in [-0.1, -0.05) is 13.3 Å². The summed E-state index contributed by atoms with van der Waals surface area (Å²) in [6.07, 6.45) is 1.66. The molecule has 0 amide bonds. The minimum absolute atomic E-state index is 0.0677. The molecule has 0 N–H and O–H groups in total. The molecule has 12 heavy (non-hydrogen) atoms. The lowest BCUT2D eigenvalue weighted by molar-refractivity contribution is -0.150. The Morgan fingerprint density at radius 2 is 2.00 bits per heavy atom. The molecule has 0 fully saturated rings. The van der Waals surface area contributed by atoms with Gasteiger partial charge in [0.1, 0.15) is 12.2 Å². The highest BCUT2D eigenvalue weighted by Crippen LogP contribution is 2.02. The minimum Gasteiger partial charge on any atom is -0.462 e. The predicted octanol–water partition coefficient (Wildman–Crippen LogP) is 1.70. The van der Waals surface area contributed by atoms with Crippen molar-refractivity contribution in [1.82, 2.24) is 0 Å². The fourth-order valence-corrected chi connectivity index (χ4v) is 0.935. The van der Waals surface area contributed by atoms with Gasteiger partial charge in [0.15, 0.2) is 0 Å². The van der Waals surface area contributed by atoms with Crippen LogP contribution in [-0.4, -0.2) is 17.9 Å². The normalized spacial score (nSPS) is 12.2. The highest BCUT2D eigenvalue weighted by molar-refractivity contribution is 5.94. The molecule has 0 spiro atoms. The third-order valence-corrected chi connectivity index (χ3v) is 1.42. The van der Waals surface area contributed by atoms with E-state index in [1.165, 1.54) is 6.92 Å². The molecule has 0 radical (unpaired) electrons. The van der Waals surface area contributed by atoms with Crippen molar-refractivity contribution in [2.75, 3.05) is 0 Å². The van der Waals surface area contributed by atoms with Crippen molar-refractivity contribution in [3.8, 4) is 0 Å². The second kappa shape index (κ2) is 5.75.